The molecular formula is C39H73NO4. The highest BCUT2D eigenvalue weighted by molar-refractivity contribution is 5.76. The second-order valence-electron chi connectivity index (χ2n) is 12.8. The van der Waals surface area contributed by atoms with Gasteiger partial charge in [0.2, 0.25) is 5.91 Å². The van der Waals surface area contributed by atoms with Crippen molar-refractivity contribution in [2.45, 2.75) is 199 Å². The molecule has 0 saturated carbocycles. The quantitative estimate of drug-likeness (QED) is 0.0435. The van der Waals surface area contributed by atoms with E-state index in [1.54, 1.807) is 6.08 Å². The van der Waals surface area contributed by atoms with Gasteiger partial charge in [-0.1, -0.05) is 153 Å². The largest absolute Gasteiger partial charge is 0.394 e. The molecule has 3 atom stereocenters. The van der Waals surface area contributed by atoms with Crippen LogP contribution >= 0.6 is 0 Å². The summed E-state index contributed by atoms with van der Waals surface area (Å²) < 4.78 is 0. The standard InChI is InChI=1S/C39H73NO4/c1-3-5-7-9-11-13-15-17-18-19-21-23-25-27-29-31-33-38(43)37(35-41)40-39(44)34-36(42)32-30-28-26-24-22-20-16-14-12-10-8-6-4-2/h14,16,23,25,31,33,36-38,41-43H,3-13,15,17-22,24,26-30,32,34-35H2,1-2H3,(H,40,44)/b16-14-,25-23+,33-31+. The fourth-order valence-electron chi connectivity index (χ4n) is 5.47. The number of hydrogen-bond donors (Lipinski definition) is 4. The predicted molar refractivity (Wildman–Crippen MR) is 190 cm³/mol. The van der Waals surface area contributed by atoms with Crippen LogP contribution in [0.1, 0.15) is 181 Å². The normalized spacial score (nSPS) is 14.2. The molecule has 5 nitrogen and oxygen atoms in total. The first-order valence-corrected chi connectivity index (χ1v) is 18.8. The molecule has 4 N–H and O–H groups in total. The van der Waals surface area contributed by atoms with Crippen LogP contribution in [0.25, 0.3) is 0 Å². The molecule has 0 aromatic heterocycles. The lowest BCUT2D eigenvalue weighted by Gasteiger charge is -2.20. The molecule has 0 rings (SSSR count). The summed E-state index contributed by atoms with van der Waals surface area (Å²) in [7, 11) is 0. The van der Waals surface area contributed by atoms with E-state index in [2.05, 4.69) is 43.5 Å². The summed E-state index contributed by atoms with van der Waals surface area (Å²) in [6, 6.07) is -0.761. The summed E-state index contributed by atoms with van der Waals surface area (Å²) in [4.78, 5) is 12.4. The van der Waals surface area contributed by atoms with Crippen LogP contribution in [0.5, 0.6) is 0 Å². The monoisotopic (exact) mass is 620 g/mol. The van der Waals surface area contributed by atoms with Gasteiger partial charge < -0.3 is 20.6 Å². The third-order valence-corrected chi connectivity index (χ3v) is 8.40. The Hall–Kier alpha value is -1.43. The Morgan fingerprint density at radius 2 is 0.977 bits per heavy atom. The summed E-state index contributed by atoms with van der Waals surface area (Å²) >= 11 is 0. The molecule has 0 bridgehead atoms. The Morgan fingerprint density at radius 3 is 1.48 bits per heavy atom. The van der Waals surface area contributed by atoms with Crippen LogP contribution in [0.4, 0.5) is 0 Å². The summed E-state index contributed by atoms with van der Waals surface area (Å²) in [5, 5.41) is 33.0. The van der Waals surface area contributed by atoms with E-state index in [0.717, 1.165) is 44.9 Å². The summed E-state index contributed by atoms with van der Waals surface area (Å²) in [5.74, 6) is -0.333. The highest BCUT2D eigenvalue weighted by Gasteiger charge is 2.20. The molecule has 0 aromatic carbocycles. The van der Waals surface area contributed by atoms with Gasteiger partial charge in [-0.25, -0.2) is 0 Å². The van der Waals surface area contributed by atoms with Gasteiger partial charge in [0.1, 0.15) is 0 Å². The highest BCUT2D eigenvalue weighted by Crippen LogP contribution is 2.13. The molecule has 3 unspecified atom stereocenters. The lowest BCUT2D eigenvalue weighted by atomic mass is 10.0. The van der Waals surface area contributed by atoms with Crippen molar-refractivity contribution >= 4 is 5.91 Å². The van der Waals surface area contributed by atoms with Gasteiger partial charge in [0.05, 0.1) is 31.3 Å². The van der Waals surface area contributed by atoms with E-state index in [0.29, 0.717) is 6.42 Å². The van der Waals surface area contributed by atoms with Crippen LogP contribution in [-0.4, -0.2) is 46.1 Å². The van der Waals surface area contributed by atoms with Crippen LogP contribution < -0.4 is 5.32 Å². The minimum Gasteiger partial charge on any atom is -0.394 e. The number of carbonyl (C=O) groups is 1. The summed E-state index contributed by atoms with van der Waals surface area (Å²) in [6.45, 7) is 4.16. The fourth-order valence-corrected chi connectivity index (χ4v) is 5.47. The third-order valence-electron chi connectivity index (χ3n) is 8.40. The van der Waals surface area contributed by atoms with Crippen molar-refractivity contribution in [1.82, 2.24) is 5.32 Å². The van der Waals surface area contributed by atoms with Crippen molar-refractivity contribution < 1.29 is 20.1 Å². The molecule has 0 aliphatic carbocycles. The topological polar surface area (TPSA) is 89.8 Å². The molecule has 5 heteroatoms. The van der Waals surface area contributed by atoms with Gasteiger partial charge in [-0.2, -0.15) is 0 Å². The number of aliphatic hydroxyl groups excluding tert-OH is 3. The van der Waals surface area contributed by atoms with Gasteiger partial charge in [0.15, 0.2) is 0 Å². The number of aliphatic hydroxyl groups is 3. The molecule has 0 fully saturated rings. The average Bonchev–Trinajstić information content (AvgIpc) is 3.01. The second kappa shape index (κ2) is 34.4. The van der Waals surface area contributed by atoms with E-state index >= 15 is 0 Å². The predicted octanol–water partition coefficient (Wildman–Crippen LogP) is 10.0. The Balaban J connectivity index is 3.80. The minimum absolute atomic E-state index is 0.000172. The molecule has 0 heterocycles. The van der Waals surface area contributed by atoms with E-state index in [1.165, 1.54) is 109 Å². The molecule has 0 radical (unpaired) electrons. The SMILES string of the molecule is CCCCCC/C=C\CCCCCCCC(O)CC(=O)NC(CO)C(O)/C=C/CC/C=C/CCCCCCCCCCCC. The molecule has 0 aromatic rings. The lowest BCUT2D eigenvalue weighted by Crippen LogP contribution is -2.45. The van der Waals surface area contributed by atoms with Crippen molar-refractivity contribution in [1.29, 1.82) is 0 Å². The van der Waals surface area contributed by atoms with Crippen molar-refractivity contribution in [3.8, 4) is 0 Å². The van der Waals surface area contributed by atoms with Crippen LogP contribution in [0, 0.1) is 0 Å². The first-order chi connectivity index (χ1) is 21.5. The van der Waals surface area contributed by atoms with E-state index in [4.69, 9.17) is 0 Å². The lowest BCUT2D eigenvalue weighted by molar-refractivity contribution is -0.124. The fraction of sp³-hybridized carbons (Fsp3) is 0.821. The number of unbranched alkanes of at least 4 members (excludes halogenated alkanes) is 20. The summed E-state index contributed by atoms with van der Waals surface area (Å²) in [6.07, 6.45) is 41.2. The molecule has 0 saturated heterocycles. The zero-order valence-electron chi connectivity index (χ0n) is 29.0. The summed E-state index contributed by atoms with van der Waals surface area (Å²) in [5.41, 5.74) is 0. The van der Waals surface area contributed by atoms with Gasteiger partial charge in [0, 0.05) is 0 Å². The molecule has 258 valence electrons. The van der Waals surface area contributed by atoms with E-state index in [9.17, 15) is 20.1 Å². The maximum atomic E-state index is 12.4. The Kier molecular flexibility index (Phi) is 33.3. The first kappa shape index (κ1) is 42.6. The second-order valence-corrected chi connectivity index (χ2v) is 12.8. The van der Waals surface area contributed by atoms with Gasteiger partial charge in [-0.3, -0.25) is 4.79 Å². The Labute approximate surface area is 273 Å². The molecule has 0 aliphatic rings. The number of carbonyl (C=O) groups excluding carboxylic acids is 1. The van der Waals surface area contributed by atoms with Crippen LogP contribution in [0.3, 0.4) is 0 Å². The van der Waals surface area contributed by atoms with Crippen LogP contribution in [0.15, 0.2) is 36.5 Å². The zero-order chi connectivity index (χ0) is 32.4. The van der Waals surface area contributed by atoms with E-state index in [1.807, 2.05) is 6.08 Å². The number of amides is 1. The van der Waals surface area contributed by atoms with Crippen LogP contribution in [-0.2, 0) is 4.79 Å². The number of nitrogens with one attached hydrogen (secondary N) is 1. The molecule has 0 spiro atoms. The Bertz CT molecular complexity index is 690. The van der Waals surface area contributed by atoms with Gasteiger partial charge in [-0.15, -0.1) is 0 Å². The maximum absolute atomic E-state index is 12.4. The highest BCUT2D eigenvalue weighted by atomic mass is 16.3. The Morgan fingerprint density at radius 1 is 0.568 bits per heavy atom. The van der Waals surface area contributed by atoms with Crippen LogP contribution in [0.2, 0.25) is 0 Å². The molecule has 0 aliphatic heterocycles. The van der Waals surface area contributed by atoms with Crippen molar-refractivity contribution in [2.24, 2.45) is 0 Å². The van der Waals surface area contributed by atoms with Crippen molar-refractivity contribution in [3.05, 3.63) is 36.5 Å². The van der Waals surface area contributed by atoms with E-state index < -0.39 is 18.2 Å². The number of allylic oxidation sites excluding steroid dienone is 5. The minimum atomic E-state index is -0.951. The van der Waals surface area contributed by atoms with Gasteiger partial charge in [0.25, 0.3) is 0 Å². The number of rotatable bonds is 33. The molecule has 1 amide bonds. The smallest absolute Gasteiger partial charge is 0.222 e. The van der Waals surface area contributed by atoms with Crippen molar-refractivity contribution in [2.75, 3.05) is 6.61 Å². The van der Waals surface area contributed by atoms with Gasteiger partial charge >= 0.3 is 0 Å². The molecular weight excluding hydrogens is 546 g/mol. The van der Waals surface area contributed by atoms with Gasteiger partial charge in [-0.05, 0) is 57.8 Å². The van der Waals surface area contributed by atoms with E-state index in [-0.39, 0.29) is 18.9 Å². The zero-order valence-corrected chi connectivity index (χ0v) is 29.0. The average molecular weight is 620 g/mol. The van der Waals surface area contributed by atoms with Crippen molar-refractivity contribution in [3.63, 3.8) is 0 Å². The molecule has 44 heavy (non-hydrogen) atoms. The maximum Gasteiger partial charge on any atom is 0.222 e. The number of hydrogen-bond acceptors (Lipinski definition) is 4. The third kappa shape index (κ3) is 30.6. The first-order valence-electron chi connectivity index (χ1n) is 18.8.